The number of aliphatic imine (C=N–C) groups is 1. The van der Waals surface area contributed by atoms with E-state index in [1.54, 1.807) is 12.2 Å². The molecule has 1 unspecified atom stereocenters. The number of carbonyl (C=O) groups excluding carboxylic acids is 1. The lowest BCUT2D eigenvalue weighted by atomic mass is 9.84. The summed E-state index contributed by atoms with van der Waals surface area (Å²) < 4.78 is 1.99. The van der Waals surface area contributed by atoms with Crippen LogP contribution in [0.25, 0.3) is 17.0 Å². The fraction of sp³-hybridized carbons (Fsp3) is 0.120. The van der Waals surface area contributed by atoms with Crippen molar-refractivity contribution in [2.24, 2.45) is 10.9 Å². The second kappa shape index (κ2) is 9.14. The third kappa shape index (κ3) is 4.10. The van der Waals surface area contributed by atoms with Crippen molar-refractivity contribution in [3.8, 4) is 11.4 Å². The van der Waals surface area contributed by atoms with E-state index >= 15 is 0 Å². The quantitative estimate of drug-likeness (QED) is 0.412. The molecule has 1 aliphatic carbocycles. The first-order chi connectivity index (χ1) is 16.1. The smallest absolute Gasteiger partial charge is 0.284 e. The second-order valence-electron chi connectivity index (χ2n) is 7.45. The maximum Gasteiger partial charge on any atom is 0.284 e. The van der Waals surface area contributed by atoms with Crippen molar-refractivity contribution in [3.63, 3.8) is 0 Å². The molecule has 0 radical (unpaired) electrons. The van der Waals surface area contributed by atoms with E-state index < -0.39 is 0 Å². The van der Waals surface area contributed by atoms with Gasteiger partial charge in [0, 0.05) is 28.1 Å². The molecule has 33 heavy (non-hydrogen) atoms. The van der Waals surface area contributed by atoms with E-state index in [1.807, 2.05) is 72.2 Å². The fourth-order valence-corrected chi connectivity index (χ4v) is 5.44. The normalized spacial score (nSPS) is 17.7. The first-order valence-electron chi connectivity index (χ1n) is 10.4. The Labute approximate surface area is 205 Å². The highest BCUT2D eigenvalue weighted by atomic mass is 35.5. The summed E-state index contributed by atoms with van der Waals surface area (Å²) in [6.07, 6.45) is 5.42. The summed E-state index contributed by atoms with van der Waals surface area (Å²) in [5.74, 6) is 0.134. The highest BCUT2D eigenvalue weighted by Gasteiger charge is 2.34. The Morgan fingerprint density at radius 3 is 2.52 bits per heavy atom. The molecule has 2 aromatic carbocycles. The van der Waals surface area contributed by atoms with Crippen molar-refractivity contribution in [3.05, 3.63) is 93.3 Å². The number of halogens is 2. The molecule has 0 fully saturated rings. The molecule has 0 spiro atoms. The Kier molecular flexibility index (Phi) is 6.06. The lowest BCUT2D eigenvalue weighted by molar-refractivity contribution is -0.113. The molecule has 1 amide bonds. The Morgan fingerprint density at radius 1 is 1.00 bits per heavy atom. The number of aromatic nitrogens is 3. The molecule has 0 N–H and O–H groups in total. The SMILES string of the molecule is CCn1c(SC2=C(c3ccccc3Cl)C3C=C(Cl)C=CC3=NC2=O)nnc1-c1ccccc1. The van der Waals surface area contributed by atoms with Gasteiger partial charge in [-0.2, -0.15) is 0 Å². The Balaban J connectivity index is 1.66. The van der Waals surface area contributed by atoms with Crippen LogP contribution in [-0.2, 0) is 11.3 Å². The molecule has 5 rings (SSSR count). The van der Waals surface area contributed by atoms with Gasteiger partial charge in [-0.05, 0) is 48.0 Å². The summed E-state index contributed by atoms with van der Waals surface area (Å²) >= 11 is 14.2. The number of carbonyl (C=O) groups is 1. The molecule has 0 saturated heterocycles. The van der Waals surface area contributed by atoms with Crippen LogP contribution in [0.2, 0.25) is 5.02 Å². The van der Waals surface area contributed by atoms with Gasteiger partial charge in [0.25, 0.3) is 5.91 Å². The van der Waals surface area contributed by atoms with Crippen molar-refractivity contribution >= 4 is 52.2 Å². The van der Waals surface area contributed by atoms with E-state index in [0.717, 1.165) is 22.5 Å². The van der Waals surface area contributed by atoms with Crippen LogP contribution in [0.1, 0.15) is 12.5 Å². The average molecular weight is 493 g/mol. The summed E-state index contributed by atoms with van der Waals surface area (Å²) in [4.78, 5) is 18.1. The molecule has 8 heteroatoms. The molecular formula is C25H18Cl2N4OS. The first-order valence-corrected chi connectivity index (χ1v) is 12.0. The van der Waals surface area contributed by atoms with Gasteiger partial charge >= 0.3 is 0 Å². The number of hydrogen-bond donors (Lipinski definition) is 0. The van der Waals surface area contributed by atoms with Gasteiger partial charge in [0.1, 0.15) is 0 Å². The number of allylic oxidation sites excluding steroid dienone is 5. The third-order valence-electron chi connectivity index (χ3n) is 5.46. The minimum Gasteiger partial charge on any atom is -0.302 e. The summed E-state index contributed by atoms with van der Waals surface area (Å²) in [7, 11) is 0. The molecule has 1 aliphatic heterocycles. The molecule has 3 aromatic rings. The summed E-state index contributed by atoms with van der Waals surface area (Å²) in [5.41, 5.74) is 3.15. The molecule has 0 saturated carbocycles. The number of dihydropyridines is 1. The maximum absolute atomic E-state index is 13.3. The predicted molar refractivity (Wildman–Crippen MR) is 134 cm³/mol. The fourth-order valence-electron chi connectivity index (χ4n) is 3.94. The van der Waals surface area contributed by atoms with E-state index in [0.29, 0.717) is 32.4 Å². The second-order valence-corrected chi connectivity index (χ2v) is 9.27. The van der Waals surface area contributed by atoms with Crippen molar-refractivity contribution in [2.75, 3.05) is 0 Å². The zero-order valence-electron chi connectivity index (χ0n) is 17.6. The molecule has 5 nitrogen and oxygen atoms in total. The number of hydrogen-bond acceptors (Lipinski definition) is 4. The molecule has 164 valence electrons. The zero-order chi connectivity index (χ0) is 22.9. The van der Waals surface area contributed by atoms with Gasteiger partial charge in [0.15, 0.2) is 11.0 Å². The lowest BCUT2D eigenvalue weighted by Gasteiger charge is -2.27. The highest BCUT2D eigenvalue weighted by molar-refractivity contribution is 8.04. The van der Waals surface area contributed by atoms with Crippen LogP contribution in [0, 0.1) is 5.92 Å². The number of benzene rings is 2. The van der Waals surface area contributed by atoms with Gasteiger partial charge in [-0.25, -0.2) is 4.99 Å². The minimum absolute atomic E-state index is 0.283. The molecular weight excluding hydrogens is 475 g/mol. The van der Waals surface area contributed by atoms with Crippen molar-refractivity contribution in [1.82, 2.24) is 14.8 Å². The number of fused-ring (bicyclic) bond motifs is 1. The highest BCUT2D eigenvalue weighted by Crippen LogP contribution is 2.44. The first kappa shape index (κ1) is 21.9. The molecule has 2 heterocycles. The van der Waals surface area contributed by atoms with Crippen LogP contribution >= 0.6 is 35.0 Å². The van der Waals surface area contributed by atoms with Crippen molar-refractivity contribution in [1.29, 1.82) is 0 Å². The number of thioether (sulfide) groups is 1. The van der Waals surface area contributed by atoms with Crippen molar-refractivity contribution in [2.45, 2.75) is 18.6 Å². The van der Waals surface area contributed by atoms with Crippen LogP contribution in [0.4, 0.5) is 0 Å². The van der Waals surface area contributed by atoms with E-state index in [4.69, 9.17) is 23.2 Å². The number of amides is 1. The zero-order valence-corrected chi connectivity index (χ0v) is 19.9. The molecule has 2 aliphatic rings. The van der Waals surface area contributed by atoms with E-state index in [9.17, 15) is 4.79 Å². The minimum atomic E-state index is -0.329. The monoisotopic (exact) mass is 492 g/mol. The number of rotatable bonds is 5. The van der Waals surface area contributed by atoms with Crippen LogP contribution in [0.15, 0.2) is 92.9 Å². The summed E-state index contributed by atoms with van der Waals surface area (Å²) in [5, 5.41) is 10.6. The Hall–Kier alpha value is -2.93. The Morgan fingerprint density at radius 2 is 1.76 bits per heavy atom. The van der Waals surface area contributed by atoms with Crippen molar-refractivity contribution < 1.29 is 4.79 Å². The van der Waals surface area contributed by atoms with Crippen LogP contribution in [0.5, 0.6) is 0 Å². The van der Waals surface area contributed by atoms with Gasteiger partial charge in [-0.1, -0.05) is 77.8 Å². The van der Waals surface area contributed by atoms with E-state index in [-0.39, 0.29) is 11.8 Å². The van der Waals surface area contributed by atoms with Crippen LogP contribution in [-0.4, -0.2) is 26.4 Å². The van der Waals surface area contributed by atoms with Gasteiger partial charge in [-0.15, -0.1) is 10.2 Å². The number of nitrogens with zero attached hydrogens (tertiary/aromatic N) is 4. The third-order valence-corrected chi connectivity index (χ3v) is 7.13. The average Bonchev–Trinajstić information content (AvgIpc) is 3.24. The molecule has 1 atom stereocenters. The van der Waals surface area contributed by atoms with Gasteiger partial charge in [-0.3, -0.25) is 4.79 Å². The topological polar surface area (TPSA) is 60.1 Å². The van der Waals surface area contributed by atoms with Gasteiger partial charge in [0.2, 0.25) is 0 Å². The summed E-state index contributed by atoms with van der Waals surface area (Å²) in [6, 6.07) is 17.3. The van der Waals surface area contributed by atoms with Gasteiger partial charge < -0.3 is 4.57 Å². The van der Waals surface area contributed by atoms with Crippen LogP contribution < -0.4 is 0 Å². The largest absolute Gasteiger partial charge is 0.302 e. The molecule has 0 bridgehead atoms. The van der Waals surface area contributed by atoms with E-state index in [1.165, 1.54) is 11.8 Å². The lowest BCUT2D eigenvalue weighted by Crippen LogP contribution is -2.24. The van der Waals surface area contributed by atoms with E-state index in [2.05, 4.69) is 15.2 Å². The maximum atomic E-state index is 13.3. The molecule has 1 aromatic heterocycles. The van der Waals surface area contributed by atoms with Crippen LogP contribution in [0.3, 0.4) is 0 Å². The van der Waals surface area contributed by atoms with Gasteiger partial charge in [0.05, 0.1) is 10.6 Å². The summed E-state index contributed by atoms with van der Waals surface area (Å²) in [6.45, 7) is 2.67. The Bertz CT molecular complexity index is 1370. The predicted octanol–water partition coefficient (Wildman–Crippen LogP) is 6.41. The standard InChI is InChI=1S/C25H18Cl2N4OS/c1-2-31-23(15-8-4-3-5-9-15)29-30-25(31)33-22-21(17-10-6-7-11-19(17)27)18-14-16(26)12-13-20(18)28-24(22)32/h3-14,18H,2H2,1H3.